The van der Waals surface area contributed by atoms with Crippen LogP contribution in [0, 0.1) is 11.7 Å². The zero-order chi connectivity index (χ0) is 15.7. The third-order valence-corrected chi connectivity index (χ3v) is 3.66. The van der Waals surface area contributed by atoms with Crippen molar-refractivity contribution < 1.29 is 30.8 Å². The van der Waals surface area contributed by atoms with E-state index in [9.17, 15) is 30.8 Å². The van der Waals surface area contributed by atoms with Crippen LogP contribution in [-0.2, 0) is 21.0 Å². The lowest BCUT2D eigenvalue weighted by Gasteiger charge is -2.12. The zero-order valence-electron chi connectivity index (χ0n) is 10.5. The van der Waals surface area contributed by atoms with Crippen molar-refractivity contribution in [2.24, 2.45) is 5.92 Å². The van der Waals surface area contributed by atoms with Crippen LogP contribution < -0.4 is 4.72 Å². The molecule has 0 unspecified atom stereocenters. The van der Waals surface area contributed by atoms with Crippen LogP contribution in [0.2, 0.25) is 0 Å². The van der Waals surface area contributed by atoms with Crippen LogP contribution in [0.4, 0.5) is 17.6 Å². The lowest BCUT2D eigenvalue weighted by atomic mass is 10.2. The number of hydrogen-bond donors (Lipinski definition) is 1. The largest absolute Gasteiger partial charge is 0.419 e. The summed E-state index contributed by atoms with van der Waals surface area (Å²) in [6.45, 7) is 2.83. The summed E-state index contributed by atoms with van der Waals surface area (Å²) in [5.41, 5.74) is -1.71. The number of alkyl halides is 3. The van der Waals surface area contributed by atoms with Gasteiger partial charge in [-0.1, -0.05) is 13.8 Å². The molecule has 0 saturated carbocycles. The lowest BCUT2D eigenvalue weighted by Crippen LogP contribution is -2.33. The molecule has 0 saturated heterocycles. The summed E-state index contributed by atoms with van der Waals surface area (Å²) in [5, 5.41) is 0. The fraction of sp³-hybridized carbons (Fsp3) is 0.364. The molecule has 0 spiro atoms. The molecule has 1 rings (SSSR count). The molecule has 0 aliphatic carbocycles. The second-order valence-corrected chi connectivity index (χ2v) is 5.95. The maximum atomic E-state index is 13.0. The van der Waals surface area contributed by atoms with Crippen molar-refractivity contribution >= 4 is 15.9 Å². The van der Waals surface area contributed by atoms with Crippen LogP contribution in [0.15, 0.2) is 23.1 Å². The first-order valence-electron chi connectivity index (χ1n) is 5.38. The third kappa shape index (κ3) is 3.69. The number of nitrogens with one attached hydrogen (secondary N) is 1. The van der Waals surface area contributed by atoms with E-state index in [-0.39, 0.29) is 6.07 Å². The van der Waals surface area contributed by atoms with Gasteiger partial charge < -0.3 is 0 Å². The number of benzene rings is 1. The van der Waals surface area contributed by atoms with E-state index < -0.39 is 44.3 Å². The van der Waals surface area contributed by atoms with E-state index in [1.165, 1.54) is 13.8 Å². The fourth-order valence-electron chi connectivity index (χ4n) is 1.20. The number of rotatable bonds is 3. The highest BCUT2D eigenvalue weighted by Crippen LogP contribution is 2.32. The van der Waals surface area contributed by atoms with E-state index in [0.29, 0.717) is 12.1 Å². The van der Waals surface area contributed by atoms with Gasteiger partial charge >= 0.3 is 6.18 Å². The second kappa shape index (κ2) is 5.39. The predicted molar refractivity (Wildman–Crippen MR) is 61.6 cm³/mol. The molecular weight excluding hydrogens is 302 g/mol. The van der Waals surface area contributed by atoms with Gasteiger partial charge in [0.15, 0.2) is 0 Å². The minimum atomic E-state index is -5.03. The molecule has 0 aliphatic heterocycles. The van der Waals surface area contributed by atoms with Crippen molar-refractivity contribution in [1.29, 1.82) is 0 Å². The number of amides is 1. The van der Waals surface area contributed by atoms with Crippen molar-refractivity contribution in [2.45, 2.75) is 24.9 Å². The molecule has 9 heteroatoms. The molecule has 4 nitrogen and oxygen atoms in total. The van der Waals surface area contributed by atoms with E-state index in [1.54, 1.807) is 4.72 Å². The van der Waals surface area contributed by atoms with Gasteiger partial charge in [-0.25, -0.2) is 17.5 Å². The number of carbonyl (C=O) groups excluding carboxylic acids is 1. The number of halogens is 4. The maximum absolute atomic E-state index is 13.0. The highest BCUT2D eigenvalue weighted by atomic mass is 32.2. The second-order valence-electron chi connectivity index (χ2n) is 4.26. The summed E-state index contributed by atoms with van der Waals surface area (Å²) in [4.78, 5) is 10.5. The molecule has 1 N–H and O–H groups in total. The molecule has 0 aliphatic rings. The molecule has 0 bridgehead atoms. The standard InChI is InChI=1S/C11H11F4NO3S/c1-6(2)10(17)16-20(18,19)7-3-4-9(12)8(5-7)11(13,14)15/h3-6H,1-2H3,(H,16,17). The summed E-state index contributed by atoms with van der Waals surface area (Å²) in [6, 6.07) is 1.18. The number of carbonyl (C=O) groups is 1. The minimum absolute atomic E-state index is 0.144. The van der Waals surface area contributed by atoms with Gasteiger partial charge in [-0.3, -0.25) is 4.79 Å². The van der Waals surface area contributed by atoms with Gasteiger partial charge in [0.1, 0.15) is 5.82 Å². The molecule has 112 valence electrons. The van der Waals surface area contributed by atoms with Crippen molar-refractivity contribution in [3.63, 3.8) is 0 Å². The van der Waals surface area contributed by atoms with E-state index in [1.807, 2.05) is 0 Å². The summed E-state index contributed by atoms with van der Waals surface area (Å²) in [6.07, 6.45) is -5.03. The van der Waals surface area contributed by atoms with Gasteiger partial charge in [-0.2, -0.15) is 13.2 Å². The highest BCUT2D eigenvalue weighted by molar-refractivity contribution is 7.90. The first-order valence-corrected chi connectivity index (χ1v) is 6.87. The Labute approximate surface area is 112 Å². The topological polar surface area (TPSA) is 63.2 Å². The minimum Gasteiger partial charge on any atom is -0.274 e. The molecule has 1 amide bonds. The molecule has 20 heavy (non-hydrogen) atoms. The molecule has 0 heterocycles. The van der Waals surface area contributed by atoms with Crippen LogP contribution in [0.3, 0.4) is 0 Å². The Bertz CT molecular complexity index is 623. The molecule has 1 aromatic rings. The lowest BCUT2D eigenvalue weighted by molar-refractivity contribution is -0.140. The van der Waals surface area contributed by atoms with E-state index >= 15 is 0 Å². The summed E-state index contributed by atoms with van der Waals surface area (Å²) in [7, 11) is -4.47. The highest BCUT2D eigenvalue weighted by Gasteiger charge is 2.35. The Morgan fingerprint density at radius 2 is 1.80 bits per heavy atom. The van der Waals surface area contributed by atoms with Gasteiger partial charge in [0.05, 0.1) is 10.5 Å². The molecule has 0 atom stereocenters. The first-order chi connectivity index (χ1) is 8.95. The summed E-state index contributed by atoms with van der Waals surface area (Å²) < 4.78 is 75.5. The van der Waals surface area contributed by atoms with Crippen molar-refractivity contribution in [3.05, 3.63) is 29.6 Å². The van der Waals surface area contributed by atoms with Crippen molar-refractivity contribution in [1.82, 2.24) is 4.72 Å². The van der Waals surface area contributed by atoms with Crippen LogP contribution >= 0.6 is 0 Å². The van der Waals surface area contributed by atoms with Gasteiger partial charge in [0, 0.05) is 5.92 Å². The quantitative estimate of drug-likeness (QED) is 0.871. The van der Waals surface area contributed by atoms with Crippen LogP contribution in [-0.4, -0.2) is 14.3 Å². The van der Waals surface area contributed by atoms with Crippen molar-refractivity contribution in [3.8, 4) is 0 Å². The van der Waals surface area contributed by atoms with Gasteiger partial charge in [0.25, 0.3) is 10.0 Å². The van der Waals surface area contributed by atoms with Gasteiger partial charge in [0.2, 0.25) is 5.91 Å². The Hall–Kier alpha value is -1.64. The molecule has 0 radical (unpaired) electrons. The fourth-order valence-corrected chi connectivity index (χ4v) is 2.34. The molecule has 0 fully saturated rings. The Kier molecular flexibility index (Phi) is 4.42. The smallest absolute Gasteiger partial charge is 0.274 e. The van der Waals surface area contributed by atoms with E-state index in [2.05, 4.69) is 0 Å². The Morgan fingerprint density at radius 3 is 2.25 bits per heavy atom. The Balaban J connectivity index is 3.24. The maximum Gasteiger partial charge on any atom is 0.419 e. The van der Waals surface area contributed by atoms with Crippen LogP contribution in [0.1, 0.15) is 19.4 Å². The van der Waals surface area contributed by atoms with Gasteiger partial charge in [-0.05, 0) is 18.2 Å². The third-order valence-electron chi connectivity index (χ3n) is 2.31. The first kappa shape index (κ1) is 16.4. The van der Waals surface area contributed by atoms with Crippen LogP contribution in [0.25, 0.3) is 0 Å². The normalized spacial score (nSPS) is 12.6. The monoisotopic (exact) mass is 313 g/mol. The Morgan fingerprint density at radius 1 is 1.25 bits per heavy atom. The van der Waals surface area contributed by atoms with E-state index in [4.69, 9.17) is 0 Å². The van der Waals surface area contributed by atoms with E-state index in [0.717, 1.165) is 0 Å². The average molecular weight is 313 g/mol. The zero-order valence-corrected chi connectivity index (χ0v) is 11.3. The summed E-state index contributed by atoms with van der Waals surface area (Å²) in [5.74, 6) is -3.14. The summed E-state index contributed by atoms with van der Waals surface area (Å²) >= 11 is 0. The average Bonchev–Trinajstić information content (AvgIpc) is 2.26. The van der Waals surface area contributed by atoms with Crippen LogP contribution in [0.5, 0.6) is 0 Å². The molecule has 1 aromatic carbocycles. The number of sulfonamides is 1. The molecular formula is C11H11F4NO3S. The predicted octanol–water partition coefficient (Wildman–Crippen LogP) is 2.31. The van der Waals surface area contributed by atoms with Crippen molar-refractivity contribution in [2.75, 3.05) is 0 Å². The SMILES string of the molecule is CC(C)C(=O)NS(=O)(=O)c1ccc(F)c(C(F)(F)F)c1. The van der Waals surface area contributed by atoms with Gasteiger partial charge in [-0.15, -0.1) is 0 Å². The molecule has 0 aromatic heterocycles. The number of hydrogen-bond acceptors (Lipinski definition) is 3.